The molecule has 8 nitrogen and oxygen atoms in total. The highest BCUT2D eigenvalue weighted by Crippen LogP contribution is 2.18. The molecule has 3 rings (SSSR count). The number of hydrogen-bond acceptors (Lipinski definition) is 5. The van der Waals surface area contributed by atoms with Crippen LogP contribution in [0.25, 0.3) is 0 Å². The highest BCUT2D eigenvalue weighted by molar-refractivity contribution is 5.90. The van der Waals surface area contributed by atoms with Gasteiger partial charge in [-0.05, 0) is 42.3 Å². The van der Waals surface area contributed by atoms with Crippen LogP contribution in [0.3, 0.4) is 0 Å². The van der Waals surface area contributed by atoms with Crippen molar-refractivity contribution in [2.45, 2.75) is 31.8 Å². The first kappa shape index (κ1) is 24.3. The molecule has 0 unspecified atom stereocenters. The zero-order chi connectivity index (χ0) is 24.3. The predicted octanol–water partition coefficient (Wildman–Crippen LogP) is 3.96. The van der Waals surface area contributed by atoms with Crippen molar-refractivity contribution in [1.82, 2.24) is 10.6 Å². The van der Waals surface area contributed by atoms with E-state index in [0.717, 1.165) is 16.8 Å². The molecular weight excluding hydrogens is 432 g/mol. The maximum absolute atomic E-state index is 12.5. The molecule has 2 atom stereocenters. The summed E-state index contributed by atoms with van der Waals surface area (Å²) in [4.78, 5) is 36.4. The molecule has 34 heavy (non-hydrogen) atoms. The van der Waals surface area contributed by atoms with Crippen LogP contribution in [-0.2, 0) is 27.2 Å². The largest absolute Gasteiger partial charge is 0.480 e. The van der Waals surface area contributed by atoms with E-state index in [-0.39, 0.29) is 18.7 Å². The van der Waals surface area contributed by atoms with Crippen molar-refractivity contribution < 1.29 is 19.5 Å². The molecule has 0 aliphatic heterocycles. The number of benzene rings is 3. The van der Waals surface area contributed by atoms with Crippen molar-refractivity contribution in [1.29, 1.82) is 0 Å². The Labute approximate surface area is 197 Å². The lowest BCUT2D eigenvalue weighted by Gasteiger charge is -2.19. The molecule has 0 aromatic heterocycles. The lowest BCUT2D eigenvalue weighted by molar-refractivity contribution is -0.142. The number of rotatable bonds is 10. The topological polar surface area (TPSA) is 120 Å². The first-order chi connectivity index (χ1) is 16.4. The summed E-state index contributed by atoms with van der Waals surface area (Å²) in [5.74, 6) is -2.05. The monoisotopic (exact) mass is 458 g/mol. The van der Waals surface area contributed by atoms with Crippen molar-refractivity contribution in [3.8, 4) is 0 Å². The second-order valence-electron chi connectivity index (χ2n) is 7.76. The minimum absolute atomic E-state index is 0.0695. The summed E-state index contributed by atoms with van der Waals surface area (Å²) in [5, 5.41) is 22.9. The van der Waals surface area contributed by atoms with E-state index in [1.807, 2.05) is 36.4 Å². The van der Waals surface area contributed by atoms with Gasteiger partial charge in [0.05, 0.1) is 17.8 Å². The Morgan fingerprint density at radius 3 is 1.91 bits per heavy atom. The first-order valence-electron chi connectivity index (χ1n) is 10.8. The maximum Gasteiger partial charge on any atom is 0.326 e. The van der Waals surface area contributed by atoms with Gasteiger partial charge in [0.2, 0.25) is 11.8 Å². The number of amides is 2. The normalized spacial score (nSPS) is 12.6. The van der Waals surface area contributed by atoms with Crippen molar-refractivity contribution in [3.05, 3.63) is 96.1 Å². The van der Waals surface area contributed by atoms with Gasteiger partial charge in [0.15, 0.2) is 0 Å². The number of carboxylic acid groups (broad SMARTS) is 1. The van der Waals surface area contributed by atoms with Gasteiger partial charge in [-0.1, -0.05) is 60.7 Å². The van der Waals surface area contributed by atoms with Crippen LogP contribution >= 0.6 is 0 Å². The van der Waals surface area contributed by atoms with Crippen LogP contribution in [0.15, 0.2) is 95.2 Å². The summed E-state index contributed by atoms with van der Waals surface area (Å²) in [6.45, 7) is 1.52. The lowest BCUT2D eigenvalue weighted by Crippen LogP contribution is -2.51. The smallest absolute Gasteiger partial charge is 0.326 e. The van der Waals surface area contributed by atoms with E-state index in [1.165, 1.54) is 6.92 Å². The quantitative estimate of drug-likeness (QED) is 0.398. The van der Waals surface area contributed by atoms with E-state index in [1.54, 1.807) is 48.5 Å². The van der Waals surface area contributed by atoms with Gasteiger partial charge in [-0.15, -0.1) is 0 Å². The van der Waals surface area contributed by atoms with Gasteiger partial charge in [-0.2, -0.15) is 10.2 Å². The second-order valence-corrected chi connectivity index (χ2v) is 7.76. The van der Waals surface area contributed by atoms with Crippen molar-refractivity contribution in [2.75, 3.05) is 0 Å². The summed E-state index contributed by atoms with van der Waals surface area (Å²) in [6.07, 6.45) is 0.219. The molecule has 3 N–H and O–H groups in total. The maximum atomic E-state index is 12.5. The molecule has 0 spiro atoms. The van der Waals surface area contributed by atoms with Crippen LogP contribution in [0, 0.1) is 0 Å². The standard InChI is InChI=1S/C26H26N4O4/c1-18(25(32)28-23(26(33)34)16-19-8-4-2-5-9-19)27-24(31)17-20-12-14-22(15-13-20)30-29-21-10-6-3-7-11-21/h2-15,18,23H,16-17H2,1H3,(H,27,31)(H,28,32)(H,33,34)/t18-,23-/m0/s1. The van der Waals surface area contributed by atoms with Gasteiger partial charge < -0.3 is 15.7 Å². The number of carbonyl (C=O) groups is 3. The van der Waals surface area contributed by atoms with Crippen LogP contribution < -0.4 is 10.6 Å². The SMILES string of the molecule is C[C@H](NC(=O)Cc1ccc(N=Nc2ccccc2)cc1)C(=O)N[C@@H](Cc1ccccc1)C(=O)O. The van der Waals surface area contributed by atoms with Crippen LogP contribution in [-0.4, -0.2) is 35.0 Å². The van der Waals surface area contributed by atoms with Crippen LogP contribution in [0.1, 0.15) is 18.1 Å². The van der Waals surface area contributed by atoms with Gasteiger partial charge in [0.1, 0.15) is 12.1 Å². The molecular formula is C26H26N4O4. The number of carbonyl (C=O) groups excluding carboxylic acids is 2. The van der Waals surface area contributed by atoms with Gasteiger partial charge >= 0.3 is 5.97 Å². The van der Waals surface area contributed by atoms with Gasteiger partial charge in [-0.3, -0.25) is 9.59 Å². The third kappa shape index (κ3) is 7.67. The van der Waals surface area contributed by atoms with E-state index in [9.17, 15) is 19.5 Å². The molecule has 0 saturated heterocycles. The van der Waals surface area contributed by atoms with Crippen LogP contribution in [0.4, 0.5) is 11.4 Å². The first-order valence-corrected chi connectivity index (χ1v) is 10.8. The molecule has 0 radical (unpaired) electrons. The van der Waals surface area contributed by atoms with Crippen LogP contribution in [0.5, 0.6) is 0 Å². The van der Waals surface area contributed by atoms with Gasteiger partial charge in [-0.25, -0.2) is 4.79 Å². The van der Waals surface area contributed by atoms with E-state index < -0.39 is 24.0 Å². The second kappa shape index (κ2) is 12.1. The molecule has 174 valence electrons. The highest BCUT2D eigenvalue weighted by atomic mass is 16.4. The number of aliphatic carboxylic acids is 1. The summed E-state index contributed by atoms with van der Waals surface area (Å²) in [6, 6.07) is 23.4. The summed E-state index contributed by atoms with van der Waals surface area (Å²) in [5.41, 5.74) is 2.93. The van der Waals surface area contributed by atoms with Crippen molar-refractivity contribution in [2.24, 2.45) is 10.2 Å². The molecule has 0 aliphatic rings. The van der Waals surface area contributed by atoms with E-state index in [0.29, 0.717) is 5.69 Å². The fraction of sp³-hybridized carbons (Fsp3) is 0.192. The zero-order valence-corrected chi connectivity index (χ0v) is 18.7. The zero-order valence-electron chi connectivity index (χ0n) is 18.7. The minimum Gasteiger partial charge on any atom is -0.480 e. The Balaban J connectivity index is 1.50. The van der Waals surface area contributed by atoms with Crippen LogP contribution in [0.2, 0.25) is 0 Å². The molecule has 0 heterocycles. The number of azo groups is 1. The highest BCUT2D eigenvalue weighted by Gasteiger charge is 2.24. The summed E-state index contributed by atoms with van der Waals surface area (Å²) < 4.78 is 0. The molecule has 3 aromatic rings. The summed E-state index contributed by atoms with van der Waals surface area (Å²) >= 11 is 0. The molecule has 3 aromatic carbocycles. The molecule has 0 bridgehead atoms. The van der Waals surface area contributed by atoms with Crippen molar-refractivity contribution >= 4 is 29.2 Å². The Bertz CT molecular complexity index is 1130. The lowest BCUT2D eigenvalue weighted by atomic mass is 10.1. The molecule has 0 fully saturated rings. The number of carboxylic acids is 1. The average molecular weight is 459 g/mol. The molecule has 0 saturated carbocycles. The number of nitrogens with zero attached hydrogens (tertiary/aromatic N) is 2. The molecule has 0 aliphatic carbocycles. The average Bonchev–Trinajstić information content (AvgIpc) is 2.84. The van der Waals surface area contributed by atoms with Crippen molar-refractivity contribution in [3.63, 3.8) is 0 Å². The van der Waals surface area contributed by atoms with E-state index >= 15 is 0 Å². The number of hydrogen-bond donors (Lipinski definition) is 3. The molecule has 8 heteroatoms. The van der Waals surface area contributed by atoms with Gasteiger partial charge in [0.25, 0.3) is 0 Å². The van der Waals surface area contributed by atoms with E-state index in [2.05, 4.69) is 20.9 Å². The molecule has 2 amide bonds. The van der Waals surface area contributed by atoms with Gasteiger partial charge in [0, 0.05) is 6.42 Å². The Morgan fingerprint density at radius 2 is 1.32 bits per heavy atom. The van der Waals surface area contributed by atoms with E-state index in [4.69, 9.17) is 0 Å². The Hall–Kier alpha value is -4.33. The summed E-state index contributed by atoms with van der Waals surface area (Å²) in [7, 11) is 0. The predicted molar refractivity (Wildman–Crippen MR) is 128 cm³/mol. The minimum atomic E-state index is -1.14. The third-order valence-electron chi connectivity index (χ3n) is 5.01. The number of nitrogens with one attached hydrogen (secondary N) is 2. The Morgan fingerprint density at radius 1 is 0.765 bits per heavy atom. The fourth-order valence-electron chi connectivity index (χ4n) is 3.18. The Kier molecular flexibility index (Phi) is 8.62. The third-order valence-corrected chi connectivity index (χ3v) is 5.01. The fourth-order valence-corrected chi connectivity index (χ4v) is 3.18.